The summed E-state index contributed by atoms with van der Waals surface area (Å²) in [6, 6.07) is 0. The van der Waals surface area contributed by atoms with Gasteiger partial charge in [0, 0.05) is 11.8 Å². The first-order valence-corrected chi connectivity index (χ1v) is 5.87. The summed E-state index contributed by atoms with van der Waals surface area (Å²) in [7, 11) is 0. The Morgan fingerprint density at radius 1 is 1.59 bits per heavy atom. The highest BCUT2D eigenvalue weighted by atomic mass is 16.6. The first-order valence-electron chi connectivity index (χ1n) is 5.87. The first-order chi connectivity index (χ1) is 7.90. The van der Waals surface area contributed by atoms with Crippen molar-refractivity contribution < 1.29 is 24.9 Å². The lowest BCUT2D eigenvalue weighted by atomic mass is 10.0. The van der Waals surface area contributed by atoms with E-state index in [0.29, 0.717) is 6.42 Å². The van der Waals surface area contributed by atoms with E-state index >= 15 is 0 Å². The molecular weight excluding hydrogens is 226 g/mol. The van der Waals surface area contributed by atoms with Crippen LogP contribution in [0, 0.1) is 11.8 Å². The summed E-state index contributed by atoms with van der Waals surface area (Å²) in [5, 5.41) is 31.6. The summed E-state index contributed by atoms with van der Waals surface area (Å²) in [6.07, 6.45) is -2.09. The molecule has 1 heterocycles. The van der Waals surface area contributed by atoms with E-state index in [4.69, 9.17) is 9.84 Å². The van der Waals surface area contributed by atoms with E-state index in [2.05, 4.69) is 5.32 Å². The molecule has 1 saturated carbocycles. The van der Waals surface area contributed by atoms with Crippen LogP contribution in [0.1, 0.15) is 20.3 Å². The lowest BCUT2D eigenvalue weighted by molar-refractivity contribution is -0.196. The zero-order valence-corrected chi connectivity index (χ0v) is 9.96. The third-order valence-corrected chi connectivity index (χ3v) is 3.56. The number of fused-ring (bicyclic) bond motifs is 1. The Balaban J connectivity index is 2.05. The molecule has 1 amide bonds. The smallest absolute Gasteiger partial charge is 0.224 e. The van der Waals surface area contributed by atoms with Crippen molar-refractivity contribution in [3.05, 3.63) is 0 Å². The standard InChI is InChI=1S/C11H19NO5/c1-5(2)9(15)12-10-11(16)3-6(11)8(14)7(4-13)17-10/h5-8,10,13-14,16H,3-4H2,1-2H3,(H,12,15). The van der Waals surface area contributed by atoms with Gasteiger partial charge in [0.2, 0.25) is 5.91 Å². The fourth-order valence-corrected chi connectivity index (χ4v) is 2.25. The van der Waals surface area contributed by atoms with Gasteiger partial charge in [-0.3, -0.25) is 4.79 Å². The number of aliphatic hydroxyl groups is 3. The Hall–Kier alpha value is -0.690. The molecule has 1 aliphatic heterocycles. The molecule has 0 aromatic carbocycles. The van der Waals surface area contributed by atoms with Crippen LogP contribution in [0.5, 0.6) is 0 Å². The predicted molar refractivity (Wildman–Crippen MR) is 57.8 cm³/mol. The Labute approximate surface area is 99.6 Å². The maximum atomic E-state index is 11.6. The SMILES string of the molecule is CC(C)C(=O)NC1OC(CO)C(O)C2CC12O. The maximum Gasteiger partial charge on any atom is 0.224 e. The van der Waals surface area contributed by atoms with Gasteiger partial charge in [0.05, 0.1) is 12.7 Å². The zero-order valence-electron chi connectivity index (χ0n) is 9.96. The molecule has 6 nitrogen and oxygen atoms in total. The summed E-state index contributed by atoms with van der Waals surface area (Å²) in [6.45, 7) is 3.15. The molecule has 17 heavy (non-hydrogen) atoms. The molecule has 0 aromatic heterocycles. The zero-order chi connectivity index (χ0) is 12.8. The molecule has 2 aliphatic rings. The number of amides is 1. The average molecular weight is 245 g/mol. The van der Waals surface area contributed by atoms with Crippen molar-refractivity contribution in [1.29, 1.82) is 0 Å². The fraction of sp³-hybridized carbons (Fsp3) is 0.909. The van der Waals surface area contributed by atoms with Gasteiger partial charge in [-0.05, 0) is 6.42 Å². The maximum absolute atomic E-state index is 11.6. The van der Waals surface area contributed by atoms with Crippen LogP contribution >= 0.6 is 0 Å². The Morgan fingerprint density at radius 3 is 2.76 bits per heavy atom. The number of aliphatic hydroxyl groups excluding tert-OH is 2. The first kappa shape index (κ1) is 12.8. The van der Waals surface area contributed by atoms with Gasteiger partial charge in [0.1, 0.15) is 11.7 Å². The summed E-state index contributed by atoms with van der Waals surface area (Å²) >= 11 is 0. The molecule has 0 spiro atoms. The van der Waals surface area contributed by atoms with Crippen LogP contribution < -0.4 is 5.32 Å². The molecule has 5 unspecified atom stereocenters. The van der Waals surface area contributed by atoms with Crippen molar-refractivity contribution in [1.82, 2.24) is 5.32 Å². The van der Waals surface area contributed by atoms with Gasteiger partial charge in [0.15, 0.2) is 6.23 Å². The van der Waals surface area contributed by atoms with Gasteiger partial charge in [-0.25, -0.2) is 0 Å². The second kappa shape index (κ2) is 4.20. The molecule has 6 heteroatoms. The Kier molecular flexibility index (Phi) is 3.15. The number of ether oxygens (including phenoxy) is 1. The number of hydrogen-bond acceptors (Lipinski definition) is 5. The topological polar surface area (TPSA) is 99.0 Å². The van der Waals surface area contributed by atoms with Gasteiger partial charge in [0.25, 0.3) is 0 Å². The summed E-state index contributed by atoms with van der Waals surface area (Å²) in [5.74, 6) is -0.758. The molecule has 0 radical (unpaired) electrons. The van der Waals surface area contributed by atoms with Crippen molar-refractivity contribution in [3.63, 3.8) is 0 Å². The molecular formula is C11H19NO5. The van der Waals surface area contributed by atoms with Gasteiger partial charge < -0.3 is 25.4 Å². The molecule has 1 saturated heterocycles. The van der Waals surface area contributed by atoms with Crippen LogP contribution in [-0.2, 0) is 9.53 Å². The monoisotopic (exact) mass is 245 g/mol. The minimum Gasteiger partial charge on any atom is -0.394 e. The van der Waals surface area contributed by atoms with E-state index in [0.717, 1.165) is 0 Å². The minimum atomic E-state index is -1.18. The van der Waals surface area contributed by atoms with E-state index < -0.39 is 24.0 Å². The van der Waals surface area contributed by atoms with E-state index in [9.17, 15) is 15.0 Å². The quantitative estimate of drug-likeness (QED) is 0.489. The van der Waals surface area contributed by atoms with Crippen LogP contribution in [-0.4, -0.2) is 51.9 Å². The minimum absolute atomic E-state index is 0.209. The van der Waals surface area contributed by atoms with E-state index in [1.165, 1.54) is 0 Å². The second-order valence-electron chi connectivity index (χ2n) is 5.19. The number of carbonyl (C=O) groups excluding carboxylic acids is 1. The van der Waals surface area contributed by atoms with Crippen LogP contribution in [0.2, 0.25) is 0 Å². The number of carbonyl (C=O) groups is 1. The lowest BCUT2D eigenvalue weighted by Crippen LogP contribution is -2.57. The van der Waals surface area contributed by atoms with Crippen molar-refractivity contribution in [2.75, 3.05) is 6.61 Å². The average Bonchev–Trinajstić information content (AvgIpc) is 2.96. The van der Waals surface area contributed by atoms with Crippen LogP contribution in [0.25, 0.3) is 0 Å². The van der Waals surface area contributed by atoms with E-state index in [1.807, 2.05) is 0 Å². The van der Waals surface area contributed by atoms with Crippen LogP contribution in [0.4, 0.5) is 0 Å². The molecule has 0 bridgehead atoms. The third-order valence-electron chi connectivity index (χ3n) is 3.56. The highest BCUT2D eigenvalue weighted by Gasteiger charge is 2.67. The van der Waals surface area contributed by atoms with Crippen molar-refractivity contribution in [2.45, 2.75) is 44.3 Å². The van der Waals surface area contributed by atoms with Gasteiger partial charge in [-0.1, -0.05) is 13.8 Å². The van der Waals surface area contributed by atoms with Crippen molar-refractivity contribution in [3.8, 4) is 0 Å². The van der Waals surface area contributed by atoms with Crippen molar-refractivity contribution in [2.24, 2.45) is 11.8 Å². The van der Waals surface area contributed by atoms with Crippen molar-refractivity contribution >= 4 is 5.91 Å². The molecule has 4 N–H and O–H groups in total. The molecule has 1 aliphatic carbocycles. The predicted octanol–water partition coefficient (Wildman–Crippen LogP) is -1.41. The molecule has 98 valence electrons. The molecule has 2 fully saturated rings. The summed E-state index contributed by atoms with van der Waals surface area (Å²) < 4.78 is 5.34. The van der Waals surface area contributed by atoms with Crippen LogP contribution in [0.3, 0.4) is 0 Å². The third kappa shape index (κ3) is 2.06. The second-order valence-corrected chi connectivity index (χ2v) is 5.19. The molecule has 5 atom stereocenters. The number of rotatable bonds is 3. The van der Waals surface area contributed by atoms with E-state index in [1.54, 1.807) is 13.8 Å². The Morgan fingerprint density at radius 2 is 2.24 bits per heavy atom. The highest BCUT2D eigenvalue weighted by Crippen LogP contribution is 2.52. The molecule has 2 rings (SSSR count). The van der Waals surface area contributed by atoms with Gasteiger partial charge in [-0.15, -0.1) is 0 Å². The van der Waals surface area contributed by atoms with Gasteiger partial charge in [-0.2, -0.15) is 0 Å². The Bertz CT molecular complexity index is 319. The highest BCUT2D eigenvalue weighted by molar-refractivity contribution is 5.78. The lowest BCUT2D eigenvalue weighted by Gasteiger charge is -2.36. The summed E-state index contributed by atoms with van der Waals surface area (Å²) in [4.78, 5) is 11.6. The molecule has 0 aromatic rings. The van der Waals surface area contributed by atoms with E-state index in [-0.39, 0.29) is 24.3 Å². The largest absolute Gasteiger partial charge is 0.394 e. The fourth-order valence-electron chi connectivity index (χ4n) is 2.25. The summed E-state index contributed by atoms with van der Waals surface area (Å²) in [5.41, 5.74) is -1.18. The number of hydrogen-bond donors (Lipinski definition) is 4. The number of nitrogens with one attached hydrogen (secondary N) is 1. The van der Waals surface area contributed by atoms with Gasteiger partial charge >= 0.3 is 0 Å². The van der Waals surface area contributed by atoms with Crippen LogP contribution in [0.15, 0.2) is 0 Å². The normalized spacial score (nSPS) is 44.4.